The Morgan fingerprint density at radius 2 is 1.66 bits per heavy atom. The van der Waals surface area contributed by atoms with Crippen molar-refractivity contribution in [2.24, 2.45) is 0 Å². The number of carboxylic acids is 1. The number of carbonyl (C=O) groups excluding carboxylic acids is 1. The zero-order chi connectivity index (χ0) is 25.7. The smallest absolute Gasteiger partial charge is 0.356 e. The maximum absolute atomic E-state index is 13.1. The Morgan fingerprint density at radius 3 is 2.23 bits per heavy atom. The molecular formula is C26H32N4O5. The lowest BCUT2D eigenvalue weighted by Crippen LogP contribution is -2.29. The van der Waals surface area contributed by atoms with Gasteiger partial charge in [0.1, 0.15) is 11.5 Å². The van der Waals surface area contributed by atoms with E-state index in [9.17, 15) is 14.7 Å². The monoisotopic (exact) mass is 480 g/mol. The highest BCUT2D eigenvalue weighted by atomic mass is 16.5. The molecule has 2 aromatic carbocycles. The van der Waals surface area contributed by atoms with Crippen LogP contribution >= 0.6 is 0 Å². The van der Waals surface area contributed by atoms with E-state index in [0.29, 0.717) is 40.6 Å². The first kappa shape index (κ1) is 25.8. The van der Waals surface area contributed by atoms with Gasteiger partial charge in [0.2, 0.25) is 0 Å². The van der Waals surface area contributed by atoms with Crippen LogP contribution in [0.5, 0.6) is 11.5 Å². The maximum atomic E-state index is 13.1. The van der Waals surface area contributed by atoms with Crippen molar-refractivity contribution in [2.75, 3.05) is 48.5 Å². The van der Waals surface area contributed by atoms with E-state index in [1.807, 2.05) is 27.1 Å². The van der Waals surface area contributed by atoms with Crippen LogP contribution in [0.15, 0.2) is 42.5 Å². The van der Waals surface area contributed by atoms with Crippen LogP contribution in [-0.2, 0) is 0 Å². The highest BCUT2D eigenvalue weighted by molar-refractivity contribution is 5.95. The number of benzene rings is 2. The van der Waals surface area contributed by atoms with E-state index < -0.39 is 5.97 Å². The van der Waals surface area contributed by atoms with E-state index >= 15 is 0 Å². The Labute approximate surface area is 205 Å². The molecule has 35 heavy (non-hydrogen) atoms. The molecule has 1 aromatic heterocycles. The number of nitrogens with zero attached hydrogens (tertiary/aromatic N) is 4. The van der Waals surface area contributed by atoms with Crippen LogP contribution in [-0.4, -0.2) is 85.0 Å². The van der Waals surface area contributed by atoms with E-state index in [2.05, 4.69) is 10.00 Å². The predicted molar refractivity (Wildman–Crippen MR) is 134 cm³/mol. The SMILES string of the molecule is COc1cccc(OC)c1-c1cc(C(=O)O)nn1-c1cc(C(=O)N(C)CCCN(C)C)ccc1C. The van der Waals surface area contributed by atoms with Gasteiger partial charge in [-0.2, -0.15) is 5.10 Å². The van der Waals surface area contributed by atoms with Crippen molar-refractivity contribution < 1.29 is 24.2 Å². The van der Waals surface area contributed by atoms with Crippen LogP contribution in [0.4, 0.5) is 0 Å². The molecule has 0 spiro atoms. The minimum Gasteiger partial charge on any atom is -0.496 e. The van der Waals surface area contributed by atoms with Gasteiger partial charge in [-0.25, -0.2) is 9.48 Å². The molecule has 3 rings (SSSR count). The fourth-order valence-corrected chi connectivity index (χ4v) is 3.87. The molecule has 0 saturated carbocycles. The van der Waals surface area contributed by atoms with E-state index in [-0.39, 0.29) is 11.6 Å². The number of amides is 1. The molecular weight excluding hydrogens is 448 g/mol. The summed E-state index contributed by atoms with van der Waals surface area (Å²) in [5.74, 6) is -0.266. The molecule has 0 unspecified atom stereocenters. The number of hydrogen-bond acceptors (Lipinski definition) is 6. The van der Waals surface area contributed by atoms with E-state index in [1.54, 1.807) is 42.3 Å². The second kappa shape index (κ2) is 11.1. The number of ether oxygens (including phenoxy) is 2. The van der Waals surface area contributed by atoms with Crippen molar-refractivity contribution in [3.8, 4) is 28.4 Å². The summed E-state index contributed by atoms with van der Waals surface area (Å²) in [5, 5.41) is 14.0. The Bertz CT molecular complexity index is 1200. The third-order valence-corrected chi connectivity index (χ3v) is 5.74. The molecule has 0 radical (unpaired) electrons. The largest absolute Gasteiger partial charge is 0.496 e. The summed E-state index contributed by atoms with van der Waals surface area (Å²) in [7, 11) is 8.84. The van der Waals surface area contributed by atoms with Gasteiger partial charge in [-0.15, -0.1) is 0 Å². The molecule has 0 aliphatic carbocycles. The first-order valence-corrected chi connectivity index (χ1v) is 11.2. The lowest BCUT2D eigenvalue weighted by atomic mass is 10.1. The molecule has 186 valence electrons. The van der Waals surface area contributed by atoms with E-state index in [4.69, 9.17) is 9.47 Å². The van der Waals surface area contributed by atoms with Gasteiger partial charge in [0.25, 0.3) is 5.91 Å². The quantitative estimate of drug-likeness (QED) is 0.474. The fraction of sp³-hybridized carbons (Fsp3) is 0.346. The van der Waals surface area contributed by atoms with Crippen molar-refractivity contribution in [1.82, 2.24) is 19.6 Å². The van der Waals surface area contributed by atoms with Gasteiger partial charge in [0, 0.05) is 19.2 Å². The Morgan fingerprint density at radius 1 is 1.00 bits per heavy atom. The molecule has 9 nitrogen and oxygen atoms in total. The van der Waals surface area contributed by atoms with Gasteiger partial charge < -0.3 is 24.4 Å². The number of aromatic carboxylic acids is 1. The molecule has 0 aliphatic rings. The van der Waals surface area contributed by atoms with Crippen molar-refractivity contribution >= 4 is 11.9 Å². The summed E-state index contributed by atoms with van der Waals surface area (Å²) in [5.41, 5.74) is 2.81. The third kappa shape index (κ3) is 5.63. The summed E-state index contributed by atoms with van der Waals surface area (Å²) in [6.45, 7) is 3.39. The molecule has 1 N–H and O–H groups in total. The molecule has 0 fully saturated rings. The predicted octanol–water partition coefficient (Wildman–Crippen LogP) is 3.59. The second-order valence-corrected chi connectivity index (χ2v) is 8.55. The average Bonchev–Trinajstić information content (AvgIpc) is 3.28. The van der Waals surface area contributed by atoms with Crippen molar-refractivity contribution in [3.05, 3.63) is 59.3 Å². The molecule has 0 aliphatic heterocycles. The van der Waals surface area contributed by atoms with Gasteiger partial charge in [-0.05, 0) is 69.9 Å². The fourth-order valence-electron chi connectivity index (χ4n) is 3.87. The van der Waals surface area contributed by atoms with Crippen LogP contribution in [0.1, 0.15) is 32.8 Å². The van der Waals surface area contributed by atoms with Crippen LogP contribution in [0.2, 0.25) is 0 Å². The number of hydrogen-bond donors (Lipinski definition) is 1. The summed E-state index contributed by atoms with van der Waals surface area (Å²) < 4.78 is 12.6. The molecule has 0 atom stereocenters. The first-order chi connectivity index (χ1) is 16.7. The molecule has 3 aromatic rings. The Hall–Kier alpha value is -3.85. The van der Waals surface area contributed by atoms with Gasteiger partial charge in [-0.1, -0.05) is 12.1 Å². The number of carboxylic acid groups (broad SMARTS) is 1. The summed E-state index contributed by atoms with van der Waals surface area (Å²) in [4.78, 5) is 28.7. The minimum atomic E-state index is -1.16. The van der Waals surface area contributed by atoms with Gasteiger partial charge in [0.05, 0.1) is 31.2 Å². The summed E-state index contributed by atoms with van der Waals surface area (Å²) in [6.07, 6.45) is 0.854. The van der Waals surface area contributed by atoms with Gasteiger partial charge in [0.15, 0.2) is 5.69 Å². The first-order valence-electron chi connectivity index (χ1n) is 11.2. The van der Waals surface area contributed by atoms with Gasteiger partial charge >= 0.3 is 5.97 Å². The van der Waals surface area contributed by atoms with Crippen molar-refractivity contribution in [1.29, 1.82) is 0 Å². The van der Waals surface area contributed by atoms with Gasteiger partial charge in [-0.3, -0.25) is 4.79 Å². The third-order valence-electron chi connectivity index (χ3n) is 5.74. The highest BCUT2D eigenvalue weighted by Crippen LogP contribution is 2.40. The molecule has 1 amide bonds. The van der Waals surface area contributed by atoms with Crippen LogP contribution in [0.25, 0.3) is 16.9 Å². The van der Waals surface area contributed by atoms with E-state index in [0.717, 1.165) is 18.5 Å². The van der Waals surface area contributed by atoms with Crippen LogP contribution in [0.3, 0.4) is 0 Å². The Balaban J connectivity index is 2.11. The van der Waals surface area contributed by atoms with Crippen molar-refractivity contribution in [3.63, 3.8) is 0 Å². The van der Waals surface area contributed by atoms with Crippen LogP contribution < -0.4 is 9.47 Å². The van der Waals surface area contributed by atoms with E-state index in [1.165, 1.54) is 25.0 Å². The molecule has 9 heteroatoms. The number of methoxy groups -OCH3 is 2. The number of aryl methyl sites for hydroxylation is 1. The number of aromatic nitrogens is 2. The Kier molecular flexibility index (Phi) is 8.14. The highest BCUT2D eigenvalue weighted by Gasteiger charge is 2.23. The lowest BCUT2D eigenvalue weighted by molar-refractivity contribution is 0.0689. The maximum Gasteiger partial charge on any atom is 0.356 e. The van der Waals surface area contributed by atoms with Crippen molar-refractivity contribution in [2.45, 2.75) is 13.3 Å². The molecule has 0 saturated heterocycles. The molecule has 1 heterocycles. The zero-order valence-corrected chi connectivity index (χ0v) is 21.0. The average molecular weight is 481 g/mol. The number of carbonyl (C=O) groups is 2. The zero-order valence-electron chi connectivity index (χ0n) is 21.0. The van der Waals surface area contributed by atoms with Crippen LogP contribution in [0, 0.1) is 6.92 Å². The lowest BCUT2D eigenvalue weighted by Gasteiger charge is -2.20. The second-order valence-electron chi connectivity index (χ2n) is 8.55. The molecule has 0 bridgehead atoms. The topological polar surface area (TPSA) is 97.1 Å². The number of rotatable bonds is 10. The summed E-state index contributed by atoms with van der Waals surface area (Å²) >= 11 is 0. The summed E-state index contributed by atoms with van der Waals surface area (Å²) in [6, 6.07) is 12.2. The minimum absolute atomic E-state index is 0.118. The normalized spacial score (nSPS) is 10.9. The standard InChI is InChI=1S/C26H32N4O5/c1-17-11-12-18(25(31)29(4)14-8-13-28(2)3)15-20(17)30-21(16-19(27-30)26(32)33)24-22(34-5)9-7-10-23(24)35-6/h7,9-12,15-16H,8,13-14H2,1-6H3,(H,32,33).